The molecule has 0 aliphatic heterocycles. The zero-order chi connectivity index (χ0) is 15.7. The first-order chi connectivity index (χ1) is 10.6. The zero-order valence-electron chi connectivity index (χ0n) is 13.2. The average molecular weight is 299 g/mol. The number of hydrogen-bond donors (Lipinski definition) is 1. The van der Waals surface area contributed by atoms with Gasteiger partial charge in [-0.25, -0.2) is 0 Å². The van der Waals surface area contributed by atoms with Crippen LogP contribution in [0.3, 0.4) is 0 Å². The minimum atomic E-state index is -0.0557. The number of aromatic nitrogens is 1. The van der Waals surface area contributed by atoms with E-state index in [4.69, 9.17) is 4.52 Å². The third-order valence-electron chi connectivity index (χ3n) is 4.09. The summed E-state index contributed by atoms with van der Waals surface area (Å²) in [5.74, 6) is 1.09. The van der Waals surface area contributed by atoms with E-state index in [1.165, 1.54) is 18.1 Å². The predicted octanol–water partition coefficient (Wildman–Crippen LogP) is 3.17. The van der Waals surface area contributed by atoms with E-state index in [0.717, 1.165) is 36.5 Å². The first kappa shape index (κ1) is 14.6. The summed E-state index contributed by atoms with van der Waals surface area (Å²) in [5, 5.41) is 7.11. The fourth-order valence-corrected chi connectivity index (χ4v) is 3.12. The number of benzene rings is 1. The summed E-state index contributed by atoms with van der Waals surface area (Å²) in [6.45, 7) is 1.51. The Balaban J connectivity index is 1.89. The summed E-state index contributed by atoms with van der Waals surface area (Å²) in [4.78, 5) is 13.1. The summed E-state index contributed by atoms with van der Waals surface area (Å²) in [5.41, 5.74) is 4.32. The predicted molar refractivity (Wildman–Crippen MR) is 86.4 cm³/mol. The average Bonchev–Trinajstić information content (AvgIpc) is 2.91. The summed E-state index contributed by atoms with van der Waals surface area (Å²) in [7, 11) is 3.96. The molecule has 0 saturated carbocycles. The Morgan fingerprint density at radius 2 is 2.05 bits per heavy atom. The van der Waals surface area contributed by atoms with Gasteiger partial charge in [-0.3, -0.25) is 4.79 Å². The SMILES string of the molecule is CC(=O)Nc1ccc(C2CCCc3c2noc3N(C)C)cc1. The number of carbonyl (C=O) groups is 1. The van der Waals surface area contributed by atoms with Gasteiger partial charge in [0.25, 0.3) is 0 Å². The molecule has 3 rings (SSSR count). The summed E-state index contributed by atoms with van der Waals surface area (Å²) >= 11 is 0. The molecule has 116 valence electrons. The standard InChI is InChI=1S/C17H21N3O2/c1-11(21)18-13-9-7-12(8-10-13)14-5-4-6-15-16(14)19-22-17(15)20(2)3/h7-10,14H,4-6H2,1-3H3,(H,18,21). The number of amides is 1. The van der Waals surface area contributed by atoms with E-state index in [9.17, 15) is 4.79 Å². The van der Waals surface area contributed by atoms with Crippen LogP contribution in [0, 0.1) is 0 Å². The Morgan fingerprint density at radius 3 is 2.68 bits per heavy atom. The smallest absolute Gasteiger partial charge is 0.230 e. The fraction of sp³-hybridized carbons (Fsp3) is 0.412. The second-order valence-electron chi connectivity index (χ2n) is 5.99. The van der Waals surface area contributed by atoms with Crippen LogP contribution in [-0.4, -0.2) is 25.2 Å². The quantitative estimate of drug-likeness (QED) is 0.945. The Hall–Kier alpha value is -2.30. The third-order valence-corrected chi connectivity index (χ3v) is 4.09. The highest BCUT2D eigenvalue weighted by atomic mass is 16.5. The monoisotopic (exact) mass is 299 g/mol. The van der Waals surface area contributed by atoms with Gasteiger partial charge < -0.3 is 14.7 Å². The third kappa shape index (κ3) is 2.71. The largest absolute Gasteiger partial charge is 0.347 e. The van der Waals surface area contributed by atoms with Crippen molar-refractivity contribution < 1.29 is 9.32 Å². The number of rotatable bonds is 3. The lowest BCUT2D eigenvalue weighted by atomic mass is 9.83. The lowest BCUT2D eigenvalue weighted by Crippen LogP contribution is -2.14. The first-order valence-corrected chi connectivity index (χ1v) is 7.59. The summed E-state index contributed by atoms with van der Waals surface area (Å²) < 4.78 is 5.53. The van der Waals surface area contributed by atoms with Gasteiger partial charge in [0.1, 0.15) is 0 Å². The molecule has 2 aromatic rings. The number of nitrogens with one attached hydrogen (secondary N) is 1. The van der Waals surface area contributed by atoms with Crippen molar-refractivity contribution in [1.29, 1.82) is 0 Å². The van der Waals surface area contributed by atoms with Gasteiger partial charge in [-0.05, 0) is 37.0 Å². The molecule has 5 heteroatoms. The van der Waals surface area contributed by atoms with E-state index in [-0.39, 0.29) is 11.8 Å². The van der Waals surface area contributed by atoms with Crippen LogP contribution in [-0.2, 0) is 11.2 Å². The van der Waals surface area contributed by atoms with E-state index in [0.29, 0.717) is 0 Å². The number of hydrogen-bond acceptors (Lipinski definition) is 4. The molecule has 1 aliphatic rings. The van der Waals surface area contributed by atoms with Gasteiger partial charge in [-0.15, -0.1) is 0 Å². The number of nitrogens with zero attached hydrogens (tertiary/aromatic N) is 2. The second-order valence-corrected chi connectivity index (χ2v) is 5.99. The Bertz CT molecular complexity index is 674. The fourth-order valence-electron chi connectivity index (χ4n) is 3.12. The molecule has 1 heterocycles. The van der Waals surface area contributed by atoms with Crippen molar-refractivity contribution in [3.63, 3.8) is 0 Å². The van der Waals surface area contributed by atoms with Crippen LogP contribution in [0.1, 0.15) is 42.5 Å². The van der Waals surface area contributed by atoms with Gasteiger partial charge in [0.15, 0.2) is 0 Å². The van der Waals surface area contributed by atoms with Crippen LogP contribution in [0.25, 0.3) is 0 Å². The molecule has 5 nitrogen and oxygen atoms in total. The molecule has 1 aliphatic carbocycles. The molecule has 0 bridgehead atoms. The van der Waals surface area contributed by atoms with E-state index >= 15 is 0 Å². The lowest BCUT2D eigenvalue weighted by molar-refractivity contribution is -0.114. The maximum atomic E-state index is 11.1. The maximum absolute atomic E-state index is 11.1. The molecule has 1 amide bonds. The normalized spacial score (nSPS) is 17.0. The van der Waals surface area contributed by atoms with Crippen molar-refractivity contribution in [2.75, 3.05) is 24.3 Å². The van der Waals surface area contributed by atoms with Crippen LogP contribution in [0.5, 0.6) is 0 Å². The lowest BCUT2D eigenvalue weighted by Gasteiger charge is -2.22. The van der Waals surface area contributed by atoms with E-state index in [2.05, 4.69) is 22.6 Å². The van der Waals surface area contributed by atoms with Gasteiger partial charge in [-0.2, -0.15) is 0 Å². The minimum Gasteiger partial charge on any atom is -0.347 e. The van der Waals surface area contributed by atoms with E-state index in [1.807, 2.05) is 31.1 Å². The van der Waals surface area contributed by atoms with Crippen LogP contribution in [0.4, 0.5) is 11.6 Å². The molecule has 1 aromatic heterocycles. The Labute approximate surface area is 130 Å². The van der Waals surface area contributed by atoms with Crippen LogP contribution >= 0.6 is 0 Å². The van der Waals surface area contributed by atoms with Crippen molar-refractivity contribution in [2.24, 2.45) is 0 Å². The highest BCUT2D eigenvalue weighted by Gasteiger charge is 2.29. The van der Waals surface area contributed by atoms with E-state index in [1.54, 1.807) is 0 Å². The topological polar surface area (TPSA) is 58.4 Å². The molecule has 1 aromatic carbocycles. The summed E-state index contributed by atoms with van der Waals surface area (Å²) in [6, 6.07) is 8.01. The highest BCUT2D eigenvalue weighted by molar-refractivity contribution is 5.88. The Morgan fingerprint density at radius 1 is 1.32 bits per heavy atom. The van der Waals surface area contributed by atoms with Gasteiger partial charge in [0.05, 0.1) is 5.69 Å². The van der Waals surface area contributed by atoms with Crippen LogP contribution in [0.2, 0.25) is 0 Å². The van der Waals surface area contributed by atoms with Crippen molar-refractivity contribution in [1.82, 2.24) is 5.16 Å². The highest BCUT2D eigenvalue weighted by Crippen LogP contribution is 2.40. The molecule has 1 N–H and O–H groups in total. The van der Waals surface area contributed by atoms with Crippen molar-refractivity contribution in [2.45, 2.75) is 32.1 Å². The first-order valence-electron chi connectivity index (χ1n) is 7.59. The number of fused-ring (bicyclic) bond motifs is 1. The Kier molecular flexibility index (Phi) is 3.88. The van der Waals surface area contributed by atoms with Gasteiger partial charge >= 0.3 is 0 Å². The van der Waals surface area contributed by atoms with Gasteiger partial charge in [0.2, 0.25) is 11.8 Å². The van der Waals surface area contributed by atoms with Crippen molar-refractivity contribution in [3.05, 3.63) is 41.1 Å². The van der Waals surface area contributed by atoms with Crippen molar-refractivity contribution >= 4 is 17.5 Å². The number of anilines is 2. The second kappa shape index (κ2) is 5.83. The molecule has 0 saturated heterocycles. The molecular weight excluding hydrogens is 278 g/mol. The molecular formula is C17H21N3O2. The molecule has 1 atom stereocenters. The molecule has 1 unspecified atom stereocenters. The van der Waals surface area contributed by atoms with Gasteiger partial charge in [0, 0.05) is 38.2 Å². The van der Waals surface area contributed by atoms with Crippen molar-refractivity contribution in [3.8, 4) is 0 Å². The number of carbonyl (C=O) groups excluding carboxylic acids is 1. The van der Waals surface area contributed by atoms with Gasteiger partial charge in [-0.1, -0.05) is 17.3 Å². The molecule has 0 fully saturated rings. The maximum Gasteiger partial charge on any atom is 0.230 e. The minimum absolute atomic E-state index is 0.0557. The van der Waals surface area contributed by atoms with Crippen LogP contribution in [0.15, 0.2) is 28.8 Å². The molecule has 0 radical (unpaired) electrons. The summed E-state index contributed by atoms with van der Waals surface area (Å²) in [6.07, 6.45) is 3.23. The van der Waals surface area contributed by atoms with E-state index < -0.39 is 0 Å². The molecule has 22 heavy (non-hydrogen) atoms. The van der Waals surface area contributed by atoms with Crippen LogP contribution < -0.4 is 10.2 Å². The zero-order valence-corrected chi connectivity index (χ0v) is 13.2. The molecule has 0 spiro atoms.